The number of carboxylic acid groups (broad SMARTS) is 2. The Kier molecular flexibility index (Phi) is 9.24. The second-order valence-electron chi connectivity index (χ2n) is 5.82. The van der Waals surface area contributed by atoms with Crippen molar-refractivity contribution < 1.29 is 49.4 Å². The number of aliphatic carboxylic acids is 2. The van der Waals surface area contributed by atoms with Crippen LogP contribution in [0.15, 0.2) is 0 Å². The highest BCUT2D eigenvalue weighted by molar-refractivity contribution is 5.84. The zero-order valence-corrected chi connectivity index (χ0v) is 14.6. The molecule has 1 heterocycles. The van der Waals surface area contributed by atoms with Gasteiger partial charge in [0.15, 0.2) is 11.9 Å². The van der Waals surface area contributed by atoms with Gasteiger partial charge in [-0.05, 0) is 13.8 Å². The number of aliphatic hydroxyl groups is 3. The molecule has 26 heavy (non-hydrogen) atoms. The first-order chi connectivity index (χ1) is 11.8. The molecule has 0 aromatic heterocycles. The van der Waals surface area contributed by atoms with E-state index in [0.717, 1.165) is 6.92 Å². The normalized spacial score (nSPS) is 33.4. The van der Waals surface area contributed by atoms with Crippen LogP contribution < -0.4 is 11.5 Å². The van der Waals surface area contributed by atoms with Gasteiger partial charge in [0.05, 0.1) is 12.6 Å². The van der Waals surface area contributed by atoms with Crippen molar-refractivity contribution in [1.29, 1.82) is 0 Å². The molecular formula is C14H26N2O10. The summed E-state index contributed by atoms with van der Waals surface area (Å²) in [5.74, 6) is -5.57. The van der Waals surface area contributed by atoms with E-state index in [9.17, 15) is 24.6 Å². The van der Waals surface area contributed by atoms with E-state index in [2.05, 4.69) is 0 Å². The third-order valence-corrected chi connectivity index (χ3v) is 3.64. The average molecular weight is 382 g/mol. The molecule has 0 aromatic rings. The van der Waals surface area contributed by atoms with Crippen molar-refractivity contribution >= 4 is 17.7 Å². The third-order valence-electron chi connectivity index (χ3n) is 3.64. The van der Waals surface area contributed by atoms with E-state index in [1.807, 2.05) is 0 Å². The highest BCUT2D eigenvalue weighted by Crippen LogP contribution is 2.30. The van der Waals surface area contributed by atoms with Gasteiger partial charge in [-0.3, -0.25) is 9.59 Å². The maximum Gasteiger partial charge on any atom is 0.332 e. The van der Waals surface area contributed by atoms with E-state index in [1.165, 1.54) is 13.8 Å². The smallest absolute Gasteiger partial charge is 0.332 e. The van der Waals surface area contributed by atoms with Crippen LogP contribution in [0.3, 0.4) is 0 Å². The summed E-state index contributed by atoms with van der Waals surface area (Å²) in [6, 6.07) is -2.23. The SMILES string of the molecule is CC(=O)C1(O)O[C@H](CO)[C@@H](O)[C@H](O[C@H](C)C(=O)O)[C@H]1N.C[C@H](N)C(=O)O. The monoisotopic (exact) mass is 382 g/mol. The molecule has 9 N–H and O–H groups in total. The van der Waals surface area contributed by atoms with Crippen molar-refractivity contribution in [2.24, 2.45) is 11.5 Å². The molecule has 0 aliphatic carbocycles. The lowest BCUT2D eigenvalue weighted by atomic mass is 9.88. The molecule has 1 fully saturated rings. The van der Waals surface area contributed by atoms with Gasteiger partial charge in [0.25, 0.3) is 0 Å². The van der Waals surface area contributed by atoms with Gasteiger partial charge in [-0.2, -0.15) is 0 Å². The van der Waals surface area contributed by atoms with E-state index in [-0.39, 0.29) is 0 Å². The number of carbonyl (C=O) groups is 3. The number of ether oxygens (including phenoxy) is 2. The van der Waals surface area contributed by atoms with Gasteiger partial charge < -0.3 is 46.5 Å². The fourth-order valence-corrected chi connectivity index (χ4v) is 1.95. The van der Waals surface area contributed by atoms with Crippen molar-refractivity contribution in [3.05, 3.63) is 0 Å². The predicted octanol–water partition coefficient (Wildman–Crippen LogP) is -3.38. The molecule has 0 spiro atoms. The van der Waals surface area contributed by atoms with Crippen LogP contribution in [0.2, 0.25) is 0 Å². The van der Waals surface area contributed by atoms with Crippen LogP contribution in [-0.2, 0) is 23.9 Å². The molecule has 12 nitrogen and oxygen atoms in total. The molecule has 1 unspecified atom stereocenters. The number of ketones is 1. The van der Waals surface area contributed by atoms with Crippen molar-refractivity contribution in [3.63, 3.8) is 0 Å². The van der Waals surface area contributed by atoms with Crippen LogP contribution in [-0.4, -0.2) is 92.1 Å². The quantitative estimate of drug-likeness (QED) is 0.239. The number of hydrogen-bond acceptors (Lipinski definition) is 10. The predicted molar refractivity (Wildman–Crippen MR) is 84.8 cm³/mol. The number of carbonyl (C=O) groups excluding carboxylic acids is 1. The topological polar surface area (TPSA) is 223 Å². The first-order valence-corrected chi connectivity index (χ1v) is 7.61. The lowest BCUT2D eigenvalue weighted by Gasteiger charge is -2.46. The van der Waals surface area contributed by atoms with Crippen molar-refractivity contribution in [1.82, 2.24) is 0 Å². The Labute approximate surface area is 149 Å². The average Bonchev–Trinajstić information content (AvgIpc) is 2.54. The van der Waals surface area contributed by atoms with Gasteiger partial charge >= 0.3 is 11.9 Å². The Morgan fingerprint density at radius 2 is 1.69 bits per heavy atom. The maximum absolute atomic E-state index is 11.5. The van der Waals surface area contributed by atoms with Gasteiger partial charge in [-0.1, -0.05) is 0 Å². The minimum absolute atomic E-state index is 0.704. The molecule has 0 aromatic carbocycles. The summed E-state index contributed by atoms with van der Waals surface area (Å²) in [4.78, 5) is 31.8. The lowest BCUT2D eigenvalue weighted by Crippen LogP contribution is -2.71. The Balaban J connectivity index is 0.000000896. The van der Waals surface area contributed by atoms with Gasteiger partial charge in [0, 0.05) is 6.92 Å². The van der Waals surface area contributed by atoms with Crippen LogP contribution in [0, 0.1) is 0 Å². The van der Waals surface area contributed by atoms with E-state index in [4.69, 9.17) is 36.3 Å². The number of aliphatic hydroxyl groups excluding tert-OH is 2. The summed E-state index contributed by atoms with van der Waals surface area (Å²) in [5.41, 5.74) is 10.5. The summed E-state index contributed by atoms with van der Waals surface area (Å²) in [6.45, 7) is 2.94. The first kappa shape index (κ1) is 24.3. The molecule has 152 valence electrons. The molecule has 7 atom stereocenters. The first-order valence-electron chi connectivity index (χ1n) is 7.61. The summed E-state index contributed by atoms with van der Waals surface area (Å²) in [5, 5.41) is 45.8. The van der Waals surface area contributed by atoms with Crippen LogP contribution in [0.4, 0.5) is 0 Å². The van der Waals surface area contributed by atoms with Crippen LogP contribution >= 0.6 is 0 Å². The zero-order chi connectivity index (χ0) is 20.8. The maximum atomic E-state index is 11.5. The standard InChI is InChI=1S/C11H19NO8.C3H7NO2/c1-4(10(16)17)19-8-7(15)6(3-13)20-11(18,5(2)14)9(8)12;1-2(4)3(5)6/h4,6-9,13,15,18H,3,12H2,1-2H3,(H,16,17);2H,4H2,1H3,(H,5,6)/t4-,6-,7-,8+,9-,11?;2-/m10/s1. The van der Waals surface area contributed by atoms with Gasteiger partial charge in [-0.25, -0.2) is 4.79 Å². The summed E-state index contributed by atoms with van der Waals surface area (Å²) in [7, 11) is 0. The molecule has 1 saturated heterocycles. The molecule has 1 rings (SSSR count). The molecule has 0 bridgehead atoms. The number of hydrogen-bond donors (Lipinski definition) is 7. The van der Waals surface area contributed by atoms with E-state index >= 15 is 0 Å². The molecular weight excluding hydrogens is 356 g/mol. The van der Waals surface area contributed by atoms with Crippen molar-refractivity contribution in [3.8, 4) is 0 Å². The highest BCUT2D eigenvalue weighted by atomic mass is 16.7. The van der Waals surface area contributed by atoms with Crippen molar-refractivity contribution in [2.75, 3.05) is 6.61 Å². The molecule has 12 heteroatoms. The Morgan fingerprint density at radius 3 is 2.00 bits per heavy atom. The molecule has 0 amide bonds. The van der Waals surface area contributed by atoms with Crippen LogP contribution in [0.1, 0.15) is 20.8 Å². The largest absolute Gasteiger partial charge is 0.480 e. The lowest BCUT2D eigenvalue weighted by molar-refractivity contribution is -0.305. The minimum Gasteiger partial charge on any atom is -0.480 e. The van der Waals surface area contributed by atoms with Gasteiger partial charge in [0.1, 0.15) is 24.4 Å². The second-order valence-corrected chi connectivity index (χ2v) is 5.82. The summed E-state index contributed by atoms with van der Waals surface area (Å²) >= 11 is 0. The van der Waals surface area contributed by atoms with Crippen LogP contribution in [0.5, 0.6) is 0 Å². The number of rotatable bonds is 6. The second kappa shape index (κ2) is 9.87. The fraction of sp³-hybridized carbons (Fsp3) is 0.786. The zero-order valence-electron chi connectivity index (χ0n) is 14.6. The van der Waals surface area contributed by atoms with Gasteiger partial charge in [0.2, 0.25) is 5.79 Å². The Bertz CT molecular complexity index is 514. The summed E-state index contributed by atoms with van der Waals surface area (Å²) < 4.78 is 10.0. The fourth-order valence-electron chi connectivity index (χ4n) is 1.95. The number of Topliss-reactive ketones (excluding diaryl/α,β-unsaturated/α-hetero) is 1. The Morgan fingerprint density at radius 1 is 1.23 bits per heavy atom. The molecule has 0 saturated carbocycles. The van der Waals surface area contributed by atoms with Gasteiger partial charge in [-0.15, -0.1) is 0 Å². The van der Waals surface area contributed by atoms with Crippen LogP contribution in [0.25, 0.3) is 0 Å². The number of nitrogens with two attached hydrogens (primary N) is 2. The Hall–Kier alpha value is -1.67. The molecule has 0 radical (unpaired) electrons. The molecule has 1 aliphatic rings. The van der Waals surface area contributed by atoms with E-state index in [0.29, 0.717) is 0 Å². The third kappa shape index (κ3) is 5.95. The number of carboxylic acids is 2. The van der Waals surface area contributed by atoms with E-state index in [1.54, 1.807) is 0 Å². The highest BCUT2D eigenvalue weighted by Gasteiger charge is 2.55. The van der Waals surface area contributed by atoms with Crippen molar-refractivity contribution in [2.45, 2.75) is 63.1 Å². The van der Waals surface area contributed by atoms with E-state index < -0.39 is 66.6 Å². The molecule has 1 aliphatic heterocycles. The minimum atomic E-state index is -2.46. The summed E-state index contributed by atoms with van der Waals surface area (Å²) in [6.07, 6.45) is -5.53.